The highest BCUT2D eigenvalue weighted by Gasteiger charge is 2.17. The van der Waals surface area contributed by atoms with E-state index in [1.54, 1.807) is 11.3 Å². The molecule has 3 N–H and O–H groups in total. The number of halogens is 2. The molecular formula is C13H12Cl2N2OS. The second-order valence-corrected chi connectivity index (χ2v) is 5.84. The minimum absolute atomic E-state index is 0.0937. The Morgan fingerprint density at radius 1 is 1.42 bits per heavy atom. The largest absolute Gasteiger partial charge is 0.399 e. The second kappa shape index (κ2) is 5.82. The first-order valence-corrected chi connectivity index (χ1v) is 7.21. The van der Waals surface area contributed by atoms with Crippen LogP contribution in [0, 0.1) is 0 Å². The molecule has 2 rings (SSSR count). The average Bonchev–Trinajstić information content (AvgIpc) is 2.87. The lowest BCUT2D eigenvalue weighted by Crippen LogP contribution is -2.26. The van der Waals surface area contributed by atoms with Crippen molar-refractivity contribution in [3.05, 3.63) is 50.1 Å². The van der Waals surface area contributed by atoms with Gasteiger partial charge in [-0.3, -0.25) is 4.79 Å². The van der Waals surface area contributed by atoms with E-state index in [0.717, 1.165) is 4.88 Å². The Balaban J connectivity index is 2.21. The summed E-state index contributed by atoms with van der Waals surface area (Å²) >= 11 is 13.5. The number of thiophene rings is 1. The summed E-state index contributed by atoms with van der Waals surface area (Å²) in [6.07, 6.45) is 0. The number of hydrogen-bond donors (Lipinski definition) is 2. The Morgan fingerprint density at radius 2 is 2.16 bits per heavy atom. The lowest BCUT2D eigenvalue weighted by atomic mass is 10.1. The number of nitrogens with two attached hydrogens (primary N) is 1. The highest BCUT2D eigenvalue weighted by Crippen LogP contribution is 2.29. The summed E-state index contributed by atoms with van der Waals surface area (Å²) in [5, 5.41) is 5.32. The first kappa shape index (κ1) is 14.2. The molecule has 1 unspecified atom stereocenters. The maximum absolute atomic E-state index is 12.2. The molecule has 2 aromatic rings. The molecule has 100 valence electrons. The van der Waals surface area contributed by atoms with Gasteiger partial charge in [0.15, 0.2) is 0 Å². The Bertz CT molecular complexity index is 599. The SMILES string of the molecule is CC(NC(=O)c1cc(N)cc(Cl)c1Cl)c1cccs1. The first-order chi connectivity index (χ1) is 8.99. The lowest BCUT2D eigenvalue weighted by Gasteiger charge is -2.14. The van der Waals surface area contributed by atoms with Gasteiger partial charge in [-0.15, -0.1) is 11.3 Å². The number of nitrogens with one attached hydrogen (secondary N) is 1. The number of carbonyl (C=O) groups is 1. The zero-order valence-electron chi connectivity index (χ0n) is 10.1. The minimum Gasteiger partial charge on any atom is -0.399 e. The molecule has 0 bridgehead atoms. The zero-order chi connectivity index (χ0) is 14.0. The Hall–Kier alpha value is -1.23. The van der Waals surface area contributed by atoms with Gasteiger partial charge in [0.05, 0.1) is 21.7 Å². The van der Waals surface area contributed by atoms with Gasteiger partial charge in [-0.05, 0) is 30.5 Å². The maximum Gasteiger partial charge on any atom is 0.253 e. The summed E-state index contributed by atoms with van der Waals surface area (Å²) in [5.41, 5.74) is 6.36. The molecule has 0 fully saturated rings. The van der Waals surface area contributed by atoms with Crippen molar-refractivity contribution in [2.45, 2.75) is 13.0 Å². The third-order valence-electron chi connectivity index (χ3n) is 2.61. The average molecular weight is 315 g/mol. The maximum atomic E-state index is 12.2. The van der Waals surface area contributed by atoms with E-state index in [1.165, 1.54) is 12.1 Å². The number of benzene rings is 1. The number of nitrogen functional groups attached to an aromatic ring is 1. The number of carbonyl (C=O) groups excluding carboxylic acids is 1. The van der Waals surface area contributed by atoms with Crippen LogP contribution in [-0.4, -0.2) is 5.91 Å². The second-order valence-electron chi connectivity index (χ2n) is 4.07. The van der Waals surface area contributed by atoms with Crippen LogP contribution in [0.2, 0.25) is 10.0 Å². The van der Waals surface area contributed by atoms with E-state index < -0.39 is 0 Å². The van der Waals surface area contributed by atoms with Crippen LogP contribution in [0.5, 0.6) is 0 Å². The van der Waals surface area contributed by atoms with Gasteiger partial charge in [-0.25, -0.2) is 0 Å². The van der Waals surface area contributed by atoms with Gasteiger partial charge in [0, 0.05) is 10.6 Å². The molecule has 1 aromatic heterocycles. The Morgan fingerprint density at radius 3 is 2.79 bits per heavy atom. The predicted molar refractivity (Wildman–Crippen MR) is 81.1 cm³/mol. The van der Waals surface area contributed by atoms with Crippen molar-refractivity contribution in [1.82, 2.24) is 5.32 Å². The van der Waals surface area contributed by atoms with E-state index in [0.29, 0.717) is 5.69 Å². The molecule has 0 aliphatic carbocycles. The monoisotopic (exact) mass is 314 g/mol. The van der Waals surface area contributed by atoms with E-state index in [2.05, 4.69) is 5.32 Å². The number of amides is 1. The summed E-state index contributed by atoms with van der Waals surface area (Å²) in [4.78, 5) is 13.2. The van der Waals surface area contributed by atoms with Gasteiger partial charge >= 0.3 is 0 Å². The number of hydrogen-bond acceptors (Lipinski definition) is 3. The van der Waals surface area contributed by atoms with Crippen molar-refractivity contribution in [2.75, 3.05) is 5.73 Å². The normalized spacial score (nSPS) is 12.2. The Kier molecular flexibility index (Phi) is 4.34. The van der Waals surface area contributed by atoms with Gasteiger partial charge in [-0.1, -0.05) is 29.3 Å². The van der Waals surface area contributed by atoms with Crippen molar-refractivity contribution in [3.8, 4) is 0 Å². The standard InChI is InChI=1S/C13H12Cl2N2OS/c1-7(11-3-2-4-19-11)17-13(18)9-5-8(16)6-10(14)12(9)15/h2-7H,16H2,1H3,(H,17,18). The first-order valence-electron chi connectivity index (χ1n) is 5.58. The van der Waals surface area contributed by atoms with Crippen LogP contribution in [0.25, 0.3) is 0 Å². The van der Waals surface area contributed by atoms with Gasteiger partial charge in [0.2, 0.25) is 0 Å². The summed E-state index contributed by atoms with van der Waals surface area (Å²) in [7, 11) is 0. The molecule has 19 heavy (non-hydrogen) atoms. The quantitative estimate of drug-likeness (QED) is 0.837. The molecule has 0 radical (unpaired) electrons. The van der Waals surface area contributed by atoms with Crippen molar-refractivity contribution in [2.24, 2.45) is 0 Å². The molecule has 3 nitrogen and oxygen atoms in total. The molecule has 6 heteroatoms. The molecule has 0 saturated heterocycles. The third-order valence-corrected chi connectivity index (χ3v) is 4.47. The van der Waals surface area contributed by atoms with E-state index in [9.17, 15) is 4.79 Å². The third kappa shape index (κ3) is 3.21. The van der Waals surface area contributed by atoms with Crippen LogP contribution in [0.15, 0.2) is 29.6 Å². The fraction of sp³-hybridized carbons (Fsp3) is 0.154. The topological polar surface area (TPSA) is 55.1 Å². The molecule has 0 aliphatic rings. The highest BCUT2D eigenvalue weighted by molar-refractivity contribution is 7.10. The van der Waals surface area contributed by atoms with Gasteiger partial charge in [-0.2, -0.15) is 0 Å². The number of anilines is 1. The molecule has 0 aliphatic heterocycles. The van der Waals surface area contributed by atoms with Crippen LogP contribution in [0.4, 0.5) is 5.69 Å². The van der Waals surface area contributed by atoms with Crippen LogP contribution in [0.3, 0.4) is 0 Å². The number of rotatable bonds is 3. The fourth-order valence-electron chi connectivity index (χ4n) is 1.66. The van der Waals surface area contributed by atoms with Gasteiger partial charge in [0.25, 0.3) is 5.91 Å². The smallest absolute Gasteiger partial charge is 0.253 e. The van der Waals surface area contributed by atoms with Crippen molar-refractivity contribution >= 4 is 46.1 Å². The van der Waals surface area contributed by atoms with Crippen LogP contribution < -0.4 is 11.1 Å². The molecule has 1 atom stereocenters. The summed E-state index contributed by atoms with van der Waals surface area (Å²) < 4.78 is 0. The lowest BCUT2D eigenvalue weighted by molar-refractivity contribution is 0.0940. The van der Waals surface area contributed by atoms with E-state index in [4.69, 9.17) is 28.9 Å². The molecule has 0 saturated carbocycles. The van der Waals surface area contributed by atoms with Crippen LogP contribution in [0.1, 0.15) is 28.2 Å². The highest BCUT2D eigenvalue weighted by atomic mass is 35.5. The summed E-state index contributed by atoms with van der Waals surface area (Å²) in [6.45, 7) is 1.91. The Labute approximate surface area is 125 Å². The van der Waals surface area contributed by atoms with Crippen LogP contribution >= 0.6 is 34.5 Å². The predicted octanol–water partition coefficient (Wildman–Crippen LogP) is 4.13. The zero-order valence-corrected chi connectivity index (χ0v) is 12.4. The molecule has 1 heterocycles. The summed E-state index contributed by atoms with van der Waals surface area (Å²) in [5.74, 6) is -0.292. The van der Waals surface area contributed by atoms with Crippen molar-refractivity contribution < 1.29 is 4.79 Å². The molecule has 1 amide bonds. The minimum atomic E-state index is -0.292. The van der Waals surface area contributed by atoms with Crippen LogP contribution in [-0.2, 0) is 0 Å². The van der Waals surface area contributed by atoms with Crippen molar-refractivity contribution in [1.29, 1.82) is 0 Å². The van der Waals surface area contributed by atoms with E-state index >= 15 is 0 Å². The van der Waals surface area contributed by atoms with E-state index in [-0.39, 0.29) is 27.6 Å². The summed E-state index contributed by atoms with van der Waals surface area (Å²) in [6, 6.07) is 6.84. The molecular weight excluding hydrogens is 303 g/mol. The van der Waals surface area contributed by atoms with Gasteiger partial charge in [0.1, 0.15) is 0 Å². The molecule has 1 aromatic carbocycles. The molecule has 0 spiro atoms. The fourth-order valence-corrected chi connectivity index (χ4v) is 2.82. The van der Waals surface area contributed by atoms with E-state index in [1.807, 2.05) is 24.4 Å². The van der Waals surface area contributed by atoms with Gasteiger partial charge < -0.3 is 11.1 Å². The van der Waals surface area contributed by atoms with Crippen molar-refractivity contribution in [3.63, 3.8) is 0 Å².